The van der Waals surface area contributed by atoms with E-state index < -0.39 is 0 Å². The quantitative estimate of drug-likeness (QED) is 0.843. The molecular formula is C12H10BrNO3. The first-order valence-corrected chi connectivity index (χ1v) is 5.82. The number of nitrogens with one attached hydrogen (secondary N) is 1. The standard InChI is InChI=1S/C12H10BrNO3/c1-2-3-14-12(15)8-6-9(13)11-10(7-8)16-4-5-17-11/h1,6-7H,3-5H2,(H,14,15). The van der Waals surface area contributed by atoms with Crippen molar-refractivity contribution in [3.05, 3.63) is 22.2 Å². The molecule has 17 heavy (non-hydrogen) atoms. The molecule has 0 aromatic heterocycles. The van der Waals surface area contributed by atoms with Gasteiger partial charge in [-0.25, -0.2) is 0 Å². The molecule has 88 valence electrons. The van der Waals surface area contributed by atoms with Gasteiger partial charge in [0.05, 0.1) is 11.0 Å². The zero-order chi connectivity index (χ0) is 12.3. The lowest BCUT2D eigenvalue weighted by Crippen LogP contribution is -2.24. The van der Waals surface area contributed by atoms with E-state index in [0.29, 0.717) is 34.7 Å². The molecule has 1 aromatic carbocycles. The lowest BCUT2D eigenvalue weighted by atomic mass is 10.2. The maximum Gasteiger partial charge on any atom is 0.252 e. The van der Waals surface area contributed by atoms with Gasteiger partial charge in [-0.2, -0.15) is 0 Å². The normalized spacial score (nSPS) is 12.7. The van der Waals surface area contributed by atoms with Crippen molar-refractivity contribution in [2.45, 2.75) is 0 Å². The highest BCUT2D eigenvalue weighted by Crippen LogP contribution is 2.38. The number of halogens is 1. The van der Waals surface area contributed by atoms with Crippen LogP contribution in [0.15, 0.2) is 16.6 Å². The maximum absolute atomic E-state index is 11.7. The molecule has 0 atom stereocenters. The first kappa shape index (κ1) is 11.8. The minimum atomic E-state index is -0.236. The number of amides is 1. The van der Waals surface area contributed by atoms with E-state index in [2.05, 4.69) is 27.2 Å². The fraction of sp³-hybridized carbons (Fsp3) is 0.250. The summed E-state index contributed by atoms with van der Waals surface area (Å²) < 4.78 is 11.6. The molecule has 5 heteroatoms. The molecule has 0 radical (unpaired) electrons. The predicted molar refractivity (Wildman–Crippen MR) is 66.3 cm³/mol. The summed E-state index contributed by atoms with van der Waals surface area (Å²) in [6.45, 7) is 1.19. The maximum atomic E-state index is 11.7. The predicted octanol–water partition coefficient (Wildman–Crippen LogP) is 1.58. The average molecular weight is 296 g/mol. The van der Waals surface area contributed by atoms with Gasteiger partial charge in [0, 0.05) is 5.56 Å². The van der Waals surface area contributed by atoms with Crippen molar-refractivity contribution < 1.29 is 14.3 Å². The number of terminal acetylenes is 1. The first-order valence-electron chi connectivity index (χ1n) is 5.03. The Morgan fingerprint density at radius 3 is 3.00 bits per heavy atom. The van der Waals surface area contributed by atoms with Crippen LogP contribution in [0, 0.1) is 12.3 Å². The molecule has 1 N–H and O–H groups in total. The summed E-state index contributed by atoms with van der Waals surface area (Å²) in [7, 11) is 0. The van der Waals surface area contributed by atoms with E-state index in [-0.39, 0.29) is 12.5 Å². The van der Waals surface area contributed by atoms with Gasteiger partial charge in [0.15, 0.2) is 11.5 Å². The largest absolute Gasteiger partial charge is 0.486 e. The average Bonchev–Trinajstić information content (AvgIpc) is 2.36. The number of carbonyl (C=O) groups excluding carboxylic acids is 1. The molecule has 4 nitrogen and oxygen atoms in total. The molecular weight excluding hydrogens is 286 g/mol. The van der Waals surface area contributed by atoms with Crippen molar-refractivity contribution in [2.24, 2.45) is 0 Å². The Bertz CT molecular complexity index is 493. The fourth-order valence-electron chi connectivity index (χ4n) is 1.48. The van der Waals surface area contributed by atoms with Gasteiger partial charge in [0.25, 0.3) is 5.91 Å². The van der Waals surface area contributed by atoms with Crippen molar-refractivity contribution in [3.63, 3.8) is 0 Å². The third-order valence-corrected chi connectivity index (χ3v) is 2.80. The molecule has 1 aliphatic rings. The molecule has 1 aliphatic heterocycles. The Hall–Kier alpha value is -1.67. The van der Waals surface area contributed by atoms with Gasteiger partial charge in [-0.1, -0.05) is 5.92 Å². The van der Waals surface area contributed by atoms with E-state index in [1.807, 2.05) is 0 Å². The van der Waals surface area contributed by atoms with Crippen LogP contribution in [-0.4, -0.2) is 25.7 Å². The fourth-order valence-corrected chi connectivity index (χ4v) is 2.03. The molecule has 0 aliphatic carbocycles. The third kappa shape index (κ3) is 2.53. The summed E-state index contributed by atoms with van der Waals surface area (Å²) >= 11 is 3.34. The molecule has 0 spiro atoms. The second-order valence-electron chi connectivity index (χ2n) is 3.37. The van der Waals surface area contributed by atoms with Crippen LogP contribution in [0.3, 0.4) is 0 Å². The summed E-state index contributed by atoms with van der Waals surface area (Å²) in [5.41, 5.74) is 0.483. The second-order valence-corrected chi connectivity index (χ2v) is 4.22. The van der Waals surface area contributed by atoms with E-state index in [0.717, 1.165) is 0 Å². The van der Waals surface area contributed by atoms with Crippen LogP contribution in [0.5, 0.6) is 11.5 Å². The number of fused-ring (bicyclic) bond motifs is 1. The zero-order valence-corrected chi connectivity index (χ0v) is 10.5. The molecule has 1 heterocycles. The topological polar surface area (TPSA) is 47.6 Å². The number of ether oxygens (including phenoxy) is 2. The Labute approximate surface area is 107 Å². The van der Waals surface area contributed by atoms with Crippen molar-refractivity contribution >= 4 is 21.8 Å². The van der Waals surface area contributed by atoms with Crippen LogP contribution < -0.4 is 14.8 Å². The summed E-state index contributed by atoms with van der Waals surface area (Å²) in [6, 6.07) is 3.32. The summed E-state index contributed by atoms with van der Waals surface area (Å²) in [5.74, 6) is 3.31. The van der Waals surface area contributed by atoms with E-state index in [4.69, 9.17) is 15.9 Å². The van der Waals surface area contributed by atoms with Gasteiger partial charge in [0.1, 0.15) is 13.2 Å². The van der Waals surface area contributed by atoms with E-state index in [1.54, 1.807) is 12.1 Å². The van der Waals surface area contributed by atoms with Gasteiger partial charge >= 0.3 is 0 Å². The first-order chi connectivity index (χ1) is 8.22. The van der Waals surface area contributed by atoms with Gasteiger partial charge in [0.2, 0.25) is 0 Å². The van der Waals surface area contributed by atoms with Gasteiger partial charge in [-0.3, -0.25) is 4.79 Å². The Morgan fingerprint density at radius 1 is 1.47 bits per heavy atom. The number of carbonyl (C=O) groups is 1. The molecule has 1 aromatic rings. The van der Waals surface area contributed by atoms with Gasteiger partial charge < -0.3 is 14.8 Å². The monoisotopic (exact) mass is 295 g/mol. The Morgan fingerprint density at radius 2 is 2.24 bits per heavy atom. The second kappa shape index (κ2) is 5.11. The molecule has 1 amide bonds. The van der Waals surface area contributed by atoms with Crippen LogP contribution in [0.4, 0.5) is 0 Å². The van der Waals surface area contributed by atoms with Crippen LogP contribution in [0.2, 0.25) is 0 Å². The van der Waals surface area contributed by atoms with Crippen molar-refractivity contribution in [3.8, 4) is 23.8 Å². The summed E-state index contributed by atoms with van der Waals surface area (Å²) in [5, 5.41) is 2.59. The summed E-state index contributed by atoms with van der Waals surface area (Å²) in [6.07, 6.45) is 5.08. The smallest absolute Gasteiger partial charge is 0.252 e. The number of rotatable bonds is 2. The van der Waals surface area contributed by atoms with Crippen molar-refractivity contribution in [2.75, 3.05) is 19.8 Å². The third-order valence-electron chi connectivity index (χ3n) is 2.21. The lowest BCUT2D eigenvalue weighted by Gasteiger charge is -2.20. The lowest BCUT2D eigenvalue weighted by molar-refractivity contribution is 0.0957. The minimum absolute atomic E-state index is 0.199. The highest BCUT2D eigenvalue weighted by molar-refractivity contribution is 9.10. The number of hydrogen-bond donors (Lipinski definition) is 1. The Balaban J connectivity index is 2.28. The molecule has 0 unspecified atom stereocenters. The number of benzene rings is 1. The highest BCUT2D eigenvalue weighted by Gasteiger charge is 2.18. The van der Waals surface area contributed by atoms with E-state index >= 15 is 0 Å². The molecule has 0 saturated carbocycles. The SMILES string of the molecule is C#CCNC(=O)c1cc(Br)c2c(c1)OCCO2. The molecule has 0 bridgehead atoms. The Kier molecular flexibility index (Phi) is 3.55. The van der Waals surface area contributed by atoms with Crippen LogP contribution in [0.25, 0.3) is 0 Å². The molecule has 2 rings (SSSR count). The zero-order valence-electron chi connectivity index (χ0n) is 8.96. The van der Waals surface area contributed by atoms with Crippen LogP contribution in [-0.2, 0) is 0 Å². The van der Waals surface area contributed by atoms with E-state index in [9.17, 15) is 4.79 Å². The van der Waals surface area contributed by atoms with E-state index in [1.165, 1.54) is 0 Å². The number of hydrogen-bond acceptors (Lipinski definition) is 3. The summed E-state index contributed by atoms with van der Waals surface area (Å²) in [4.78, 5) is 11.7. The van der Waals surface area contributed by atoms with Gasteiger partial charge in [-0.15, -0.1) is 6.42 Å². The molecule has 0 saturated heterocycles. The van der Waals surface area contributed by atoms with Crippen molar-refractivity contribution in [1.29, 1.82) is 0 Å². The van der Waals surface area contributed by atoms with Crippen LogP contribution in [0.1, 0.15) is 10.4 Å². The minimum Gasteiger partial charge on any atom is -0.486 e. The molecule has 0 fully saturated rings. The van der Waals surface area contributed by atoms with Crippen molar-refractivity contribution in [1.82, 2.24) is 5.32 Å². The highest BCUT2D eigenvalue weighted by atomic mass is 79.9. The van der Waals surface area contributed by atoms with Crippen LogP contribution >= 0.6 is 15.9 Å². The van der Waals surface area contributed by atoms with Gasteiger partial charge in [-0.05, 0) is 28.1 Å².